The zero-order chi connectivity index (χ0) is 27.9. The number of amides is 2. The molecule has 0 aliphatic carbocycles. The van der Waals surface area contributed by atoms with Gasteiger partial charge in [0, 0.05) is 32.4 Å². The lowest BCUT2D eigenvalue weighted by Crippen LogP contribution is -2.35. The molecular weight excluding hydrogens is 516 g/mol. The van der Waals surface area contributed by atoms with E-state index in [9.17, 15) is 27.2 Å². The first-order chi connectivity index (χ1) is 18.5. The number of likely N-dealkylation sites (tertiary alicyclic amines) is 2. The molecule has 2 fully saturated rings. The van der Waals surface area contributed by atoms with Gasteiger partial charge in [-0.25, -0.2) is 14.1 Å². The summed E-state index contributed by atoms with van der Waals surface area (Å²) in [6, 6.07) is 8.54. The Hall–Kier alpha value is -3.80. The van der Waals surface area contributed by atoms with Gasteiger partial charge in [0.2, 0.25) is 0 Å². The molecule has 5 rings (SSSR count). The number of alkyl halides is 3. The number of carbonyl (C=O) groups is 2. The summed E-state index contributed by atoms with van der Waals surface area (Å²) in [6.07, 6.45) is -2.22. The molecule has 1 unspecified atom stereocenters. The predicted molar refractivity (Wildman–Crippen MR) is 134 cm³/mol. The number of benzene rings is 1. The lowest BCUT2D eigenvalue weighted by molar-refractivity contribution is -0.137. The number of hydrogen-bond acceptors (Lipinski definition) is 5. The molecule has 2 saturated heterocycles. The summed E-state index contributed by atoms with van der Waals surface area (Å²) in [6.45, 7) is 5.16. The van der Waals surface area contributed by atoms with E-state index in [1.165, 1.54) is 6.07 Å². The van der Waals surface area contributed by atoms with Crippen LogP contribution in [0.25, 0.3) is 5.82 Å². The Labute approximate surface area is 222 Å². The average molecular weight is 545 g/mol. The van der Waals surface area contributed by atoms with Crippen molar-refractivity contribution in [3.05, 3.63) is 76.5 Å². The van der Waals surface area contributed by atoms with Crippen molar-refractivity contribution in [1.29, 1.82) is 0 Å². The van der Waals surface area contributed by atoms with E-state index < -0.39 is 17.6 Å². The zero-order valence-corrected chi connectivity index (χ0v) is 21.3. The number of rotatable bonds is 7. The highest BCUT2D eigenvalue weighted by Gasteiger charge is 2.43. The number of nitrogens with two attached hydrogens (primary N) is 1. The maximum atomic E-state index is 13.5. The molecule has 3 aromatic rings. The van der Waals surface area contributed by atoms with Gasteiger partial charge in [0.25, 0.3) is 11.8 Å². The third kappa shape index (κ3) is 5.51. The van der Waals surface area contributed by atoms with Gasteiger partial charge in [0.1, 0.15) is 11.5 Å². The van der Waals surface area contributed by atoms with Gasteiger partial charge in [0.05, 0.1) is 16.8 Å². The van der Waals surface area contributed by atoms with Crippen LogP contribution < -0.4 is 5.73 Å². The minimum Gasteiger partial charge on any atom is -0.364 e. The number of fused-ring (bicyclic) bond motifs is 1. The van der Waals surface area contributed by atoms with Crippen molar-refractivity contribution in [2.24, 2.45) is 17.6 Å². The molecule has 4 heterocycles. The van der Waals surface area contributed by atoms with Gasteiger partial charge in [-0.1, -0.05) is 12.1 Å². The van der Waals surface area contributed by atoms with Crippen molar-refractivity contribution >= 4 is 11.8 Å². The van der Waals surface area contributed by atoms with Crippen LogP contribution in [0, 0.1) is 24.6 Å². The van der Waals surface area contributed by atoms with Crippen LogP contribution in [-0.2, 0) is 12.6 Å². The monoisotopic (exact) mass is 544 g/mol. The van der Waals surface area contributed by atoms with E-state index in [-0.39, 0.29) is 46.3 Å². The van der Waals surface area contributed by atoms with Crippen molar-refractivity contribution in [2.75, 3.05) is 32.7 Å². The molecule has 2 atom stereocenters. The van der Waals surface area contributed by atoms with Crippen molar-refractivity contribution in [2.45, 2.75) is 25.9 Å². The lowest BCUT2D eigenvalue weighted by atomic mass is 10.0. The Balaban J connectivity index is 1.25. The first-order valence-electron chi connectivity index (χ1n) is 12.7. The lowest BCUT2D eigenvalue weighted by Gasteiger charge is -2.22. The molecule has 0 bridgehead atoms. The fraction of sp³-hybridized carbons (Fsp3) is 0.407. The highest BCUT2D eigenvalue weighted by Crippen LogP contribution is 2.33. The number of primary amides is 1. The zero-order valence-electron chi connectivity index (χ0n) is 21.3. The van der Waals surface area contributed by atoms with E-state index in [1.54, 1.807) is 24.0 Å². The van der Waals surface area contributed by atoms with Crippen LogP contribution in [0.2, 0.25) is 0 Å². The number of halogens is 4. The van der Waals surface area contributed by atoms with Crippen LogP contribution >= 0.6 is 0 Å². The summed E-state index contributed by atoms with van der Waals surface area (Å²) in [7, 11) is 0. The first kappa shape index (κ1) is 26.8. The fourth-order valence-electron chi connectivity index (χ4n) is 5.65. The summed E-state index contributed by atoms with van der Waals surface area (Å²) in [4.78, 5) is 33.8. The molecule has 206 valence electrons. The largest absolute Gasteiger partial charge is 0.417 e. The van der Waals surface area contributed by atoms with Gasteiger partial charge in [-0.15, -0.1) is 0 Å². The van der Waals surface area contributed by atoms with Crippen molar-refractivity contribution < 1.29 is 27.2 Å². The van der Waals surface area contributed by atoms with Crippen LogP contribution in [0.15, 0.2) is 42.6 Å². The highest BCUT2D eigenvalue weighted by atomic mass is 19.4. The van der Waals surface area contributed by atoms with E-state index in [0.29, 0.717) is 19.3 Å². The molecule has 2 N–H and O–H groups in total. The Morgan fingerprint density at radius 3 is 2.38 bits per heavy atom. The molecule has 2 amide bonds. The number of aromatic nitrogens is 3. The summed E-state index contributed by atoms with van der Waals surface area (Å²) >= 11 is 0. The third-order valence-corrected chi connectivity index (χ3v) is 7.48. The second-order valence-electron chi connectivity index (χ2n) is 10.2. The molecule has 2 aromatic heterocycles. The summed E-state index contributed by atoms with van der Waals surface area (Å²) < 4.78 is 53.2. The van der Waals surface area contributed by atoms with E-state index in [2.05, 4.69) is 15.0 Å². The Morgan fingerprint density at radius 1 is 1.08 bits per heavy atom. The second-order valence-corrected chi connectivity index (χ2v) is 10.2. The smallest absolute Gasteiger partial charge is 0.364 e. The molecule has 39 heavy (non-hydrogen) atoms. The normalized spacial score (nSPS) is 19.5. The molecular formula is C27H28F4N6O2. The van der Waals surface area contributed by atoms with Gasteiger partial charge >= 0.3 is 6.18 Å². The predicted octanol–water partition coefficient (Wildman–Crippen LogP) is 3.47. The van der Waals surface area contributed by atoms with Gasteiger partial charge in [0.15, 0.2) is 5.82 Å². The second kappa shape index (κ2) is 10.4. The molecule has 0 spiro atoms. The molecule has 12 heteroatoms. The maximum absolute atomic E-state index is 13.5. The topological polar surface area (TPSA) is 97.3 Å². The van der Waals surface area contributed by atoms with Gasteiger partial charge in [-0.3, -0.25) is 9.59 Å². The molecule has 0 radical (unpaired) electrons. The van der Waals surface area contributed by atoms with E-state index >= 15 is 0 Å². The standard InChI is InChI=1S/C27H28F4N6O2/c1-16-23(24(25(32)38)37(34-16)22-8-7-20(11-33-22)27(29,30)31)26(39)36-14-18-12-35(13-19(18)15-36)9-3-5-17-4-2-6-21(28)10-17/h2,4,6-8,10-11,18-19H,3,5,9,12-15H2,1H3,(H2,32,38)/t18-,19?/m0/s1. The number of carbonyl (C=O) groups excluding carboxylic acids is 2. The Kier molecular flexibility index (Phi) is 7.15. The summed E-state index contributed by atoms with van der Waals surface area (Å²) in [5.41, 5.74) is 5.70. The van der Waals surface area contributed by atoms with Gasteiger partial charge in [-0.2, -0.15) is 18.3 Å². The number of aryl methyl sites for hydroxylation is 2. The number of nitrogens with zero attached hydrogens (tertiary/aromatic N) is 5. The summed E-state index contributed by atoms with van der Waals surface area (Å²) in [5, 5.41) is 4.23. The van der Waals surface area contributed by atoms with Gasteiger partial charge < -0.3 is 15.5 Å². The summed E-state index contributed by atoms with van der Waals surface area (Å²) in [5.74, 6) is -1.02. The van der Waals surface area contributed by atoms with Gasteiger partial charge in [-0.05, 0) is 68.0 Å². The van der Waals surface area contributed by atoms with Crippen LogP contribution in [0.5, 0.6) is 0 Å². The molecule has 0 saturated carbocycles. The molecule has 2 aliphatic rings. The molecule has 1 aromatic carbocycles. The quantitative estimate of drug-likeness (QED) is 0.460. The van der Waals surface area contributed by atoms with Crippen LogP contribution in [-0.4, -0.2) is 69.1 Å². The third-order valence-electron chi connectivity index (χ3n) is 7.48. The Morgan fingerprint density at radius 2 is 1.79 bits per heavy atom. The minimum absolute atomic E-state index is 0.0381. The number of pyridine rings is 1. The van der Waals surface area contributed by atoms with Crippen LogP contribution in [0.3, 0.4) is 0 Å². The van der Waals surface area contributed by atoms with E-state index in [1.807, 2.05) is 6.07 Å². The minimum atomic E-state index is -4.57. The fourth-order valence-corrected chi connectivity index (χ4v) is 5.65. The van der Waals surface area contributed by atoms with Crippen molar-refractivity contribution in [3.63, 3.8) is 0 Å². The average Bonchev–Trinajstić information content (AvgIpc) is 3.54. The maximum Gasteiger partial charge on any atom is 0.417 e. The Bertz CT molecular complexity index is 1370. The highest BCUT2D eigenvalue weighted by molar-refractivity contribution is 6.06. The molecule has 2 aliphatic heterocycles. The first-order valence-corrected chi connectivity index (χ1v) is 12.7. The SMILES string of the molecule is Cc1nn(-c2ccc(C(F)(F)F)cn2)c(C(N)=O)c1C(=O)N1CC2CN(CCCc3cccc(F)c3)C[C@H]2C1. The van der Waals surface area contributed by atoms with E-state index in [4.69, 9.17) is 5.73 Å². The van der Waals surface area contributed by atoms with E-state index in [0.717, 1.165) is 54.9 Å². The molecule has 8 nitrogen and oxygen atoms in total. The van der Waals surface area contributed by atoms with Crippen LogP contribution in [0.1, 0.15) is 44.1 Å². The van der Waals surface area contributed by atoms with Crippen LogP contribution in [0.4, 0.5) is 17.6 Å². The van der Waals surface area contributed by atoms with Crippen molar-refractivity contribution in [3.8, 4) is 5.82 Å². The van der Waals surface area contributed by atoms with Crippen molar-refractivity contribution in [1.82, 2.24) is 24.6 Å². The number of hydrogen-bond donors (Lipinski definition) is 1.